The van der Waals surface area contributed by atoms with E-state index in [2.05, 4.69) is 17.9 Å². The number of benzene rings is 1. The van der Waals surface area contributed by atoms with Gasteiger partial charge in [-0.2, -0.15) is 0 Å². The summed E-state index contributed by atoms with van der Waals surface area (Å²) in [6, 6.07) is 8.32. The van der Waals surface area contributed by atoms with Gasteiger partial charge in [-0.3, -0.25) is 0 Å². The van der Waals surface area contributed by atoms with Crippen LogP contribution in [-0.2, 0) is 0 Å². The van der Waals surface area contributed by atoms with Gasteiger partial charge in [0, 0.05) is 24.0 Å². The van der Waals surface area contributed by atoms with Gasteiger partial charge in [0.25, 0.3) is 0 Å². The molecule has 0 bridgehead atoms. The van der Waals surface area contributed by atoms with Crippen molar-refractivity contribution in [3.63, 3.8) is 0 Å². The van der Waals surface area contributed by atoms with E-state index in [1.807, 2.05) is 18.3 Å². The van der Waals surface area contributed by atoms with Crippen molar-refractivity contribution in [1.29, 1.82) is 0 Å². The third-order valence-corrected chi connectivity index (χ3v) is 8.35. The van der Waals surface area contributed by atoms with Gasteiger partial charge < -0.3 is 10.6 Å². The van der Waals surface area contributed by atoms with Crippen LogP contribution in [0.4, 0.5) is 5.69 Å². The molecule has 2 N–H and O–H groups in total. The summed E-state index contributed by atoms with van der Waals surface area (Å²) in [5.41, 5.74) is 9.16. The van der Waals surface area contributed by atoms with Crippen molar-refractivity contribution in [2.45, 2.75) is 55.0 Å². The molecule has 2 fully saturated rings. The Bertz CT molecular complexity index is 834. The fourth-order valence-corrected chi connectivity index (χ4v) is 5.84. The maximum atomic E-state index is 6.41. The lowest BCUT2D eigenvalue weighted by atomic mass is 9.74. The number of anilines is 1. The molecule has 1 aromatic carbocycles. The van der Waals surface area contributed by atoms with E-state index in [1.165, 1.54) is 37.8 Å². The second-order valence-electron chi connectivity index (χ2n) is 7.82. The van der Waals surface area contributed by atoms with E-state index in [0.29, 0.717) is 21.5 Å². The van der Waals surface area contributed by atoms with Crippen LogP contribution in [0.25, 0.3) is 0 Å². The summed E-state index contributed by atoms with van der Waals surface area (Å²) in [6.07, 6.45) is 8.16. The van der Waals surface area contributed by atoms with E-state index in [-0.39, 0.29) is 0 Å². The van der Waals surface area contributed by atoms with Crippen molar-refractivity contribution < 1.29 is 0 Å². The molecule has 1 aliphatic heterocycles. The molecule has 1 aromatic heterocycles. The van der Waals surface area contributed by atoms with Crippen LogP contribution in [0.2, 0.25) is 10.0 Å². The first kappa shape index (κ1) is 19.4. The third kappa shape index (κ3) is 3.82. The molecule has 144 valence electrons. The molecule has 1 aliphatic carbocycles. The molecule has 2 aromatic rings. The molecule has 1 spiro atoms. The van der Waals surface area contributed by atoms with Gasteiger partial charge in [-0.15, -0.1) is 0 Å². The van der Waals surface area contributed by atoms with Gasteiger partial charge in [-0.1, -0.05) is 47.5 Å². The fourth-order valence-electron chi connectivity index (χ4n) is 4.49. The van der Waals surface area contributed by atoms with Crippen LogP contribution in [0.1, 0.15) is 37.7 Å². The van der Waals surface area contributed by atoms with Crippen LogP contribution in [-0.4, -0.2) is 24.1 Å². The summed E-state index contributed by atoms with van der Waals surface area (Å²) in [5.74, 6) is 0. The Morgan fingerprint density at radius 1 is 1.22 bits per heavy atom. The standard InChI is InChI=1S/C21H25Cl2N3S/c1-14-12-15(26-10-8-21(9-11-26)7-3-6-18(21)24)13-25-20(14)27-17-5-2-4-16(22)19(17)23/h2,4-5,12-13,18H,3,6-11,24H2,1H3/t18-/m1/s1. The lowest BCUT2D eigenvalue weighted by Gasteiger charge is -2.43. The lowest BCUT2D eigenvalue weighted by molar-refractivity contribution is 0.198. The molecule has 6 heteroatoms. The Labute approximate surface area is 175 Å². The Kier molecular flexibility index (Phi) is 5.62. The number of hydrogen-bond donors (Lipinski definition) is 1. The van der Waals surface area contributed by atoms with Crippen LogP contribution in [0.5, 0.6) is 0 Å². The SMILES string of the molecule is Cc1cc(N2CCC3(CCC[C@H]3N)CC2)cnc1Sc1cccc(Cl)c1Cl. The van der Waals surface area contributed by atoms with Crippen molar-refractivity contribution in [2.24, 2.45) is 11.1 Å². The molecular formula is C21H25Cl2N3S. The van der Waals surface area contributed by atoms with Crippen LogP contribution in [0.15, 0.2) is 40.4 Å². The van der Waals surface area contributed by atoms with E-state index in [0.717, 1.165) is 28.6 Å². The van der Waals surface area contributed by atoms with Crippen LogP contribution in [0.3, 0.4) is 0 Å². The summed E-state index contributed by atoms with van der Waals surface area (Å²) in [7, 11) is 0. The van der Waals surface area contributed by atoms with E-state index in [9.17, 15) is 0 Å². The molecule has 1 atom stereocenters. The van der Waals surface area contributed by atoms with E-state index in [4.69, 9.17) is 33.9 Å². The Morgan fingerprint density at radius 3 is 2.67 bits per heavy atom. The third-order valence-electron chi connectivity index (χ3n) is 6.24. The number of nitrogens with zero attached hydrogens (tertiary/aromatic N) is 2. The summed E-state index contributed by atoms with van der Waals surface area (Å²) in [4.78, 5) is 8.11. The van der Waals surface area contributed by atoms with Gasteiger partial charge in [0.2, 0.25) is 0 Å². The topological polar surface area (TPSA) is 42.1 Å². The Morgan fingerprint density at radius 2 is 2.00 bits per heavy atom. The fraction of sp³-hybridized carbons (Fsp3) is 0.476. The minimum absolute atomic E-state index is 0.387. The number of piperidine rings is 1. The molecule has 1 saturated heterocycles. The minimum Gasteiger partial charge on any atom is -0.370 e. The summed E-state index contributed by atoms with van der Waals surface area (Å²) in [6.45, 7) is 4.25. The molecule has 2 heterocycles. The van der Waals surface area contributed by atoms with Gasteiger partial charge in [0.05, 0.1) is 21.9 Å². The van der Waals surface area contributed by atoms with Crippen molar-refractivity contribution in [1.82, 2.24) is 4.98 Å². The van der Waals surface area contributed by atoms with Crippen molar-refractivity contribution in [3.8, 4) is 0 Å². The van der Waals surface area contributed by atoms with E-state index < -0.39 is 0 Å². The minimum atomic E-state index is 0.387. The highest BCUT2D eigenvalue weighted by Crippen LogP contribution is 2.46. The number of aromatic nitrogens is 1. The second-order valence-corrected chi connectivity index (χ2v) is 9.63. The zero-order chi connectivity index (χ0) is 19.0. The van der Waals surface area contributed by atoms with Gasteiger partial charge in [-0.05, 0) is 61.8 Å². The largest absolute Gasteiger partial charge is 0.370 e. The number of halogens is 2. The first-order chi connectivity index (χ1) is 13.0. The van der Waals surface area contributed by atoms with Gasteiger partial charge in [0.15, 0.2) is 0 Å². The number of aryl methyl sites for hydroxylation is 1. The van der Waals surface area contributed by atoms with Crippen molar-refractivity contribution in [2.75, 3.05) is 18.0 Å². The molecule has 3 nitrogen and oxygen atoms in total. The Balaban J connectivity index is 1.47. The maximum absolute atomic E-state index is 6.41. The smallest absolute Gasteiger partial charge is 0.104 e. The predicted molar refractivity (Wildman–Crippen MR) is 115 cm³/mol. The molecule has 1 saturated carbocycles. The van der Waals surface area contributed by atoms with Crippen LogP contribution < -0.4 is 10.6 Å². The molecular weight excluding hydrogens is 397 g/mol. The predicted octanol–water partition coefficient (Wildman–Crippen LogP) is 5.95. The summed E-state index contributed by atoms with van der Waals surface area (Å²) < 4.78 is 0. The van der Waals surface area contributed by atoms with Crippen molar-refractivity contribution >= 4 is 40.7 Å². The quantitative estimate of drug-likeness (QED) is 0.664. The lowest BCUT2D eigenvalue weighted by Crippen LogP contribution is -2.46. The zero-order valence-electron chi connectivity index (χ0n) is 15.5. The number of hydrogen-bond acceptors (Lipinski definition) is 4. The molecule has 2 aliphatic rings. The van der Waals surface area contributed by atoms with Gasteiger partial charge in [-0.25, -0.2) is 4.98 Å². The van der Waals surface area contributed by atoms with Crippen molar-refractivity contribution in [3.05, 3.63) is 46.1 Å². The van der Waals surface area contributed by atoms with Gasteiger partial charge >= 0.3 is 0 Å². The molecule has 27 heavy (non-hydrogen) atoms. The average molecular weight is 422 g/mol. The first-order valence-corrected chi connectivity index (χ1v) is 11.1. The average Bonchev–Trinajstić information content (AvgIpc) is 3.01. The van der Waals surface area contributed by atoms with Gasteiger partial charge in [0.1, 0.15) is 5.03 Å². The Hall–Kier alpha value is -0.940. The summed E-state index contributed by atoms with van der Waals surface area (Å²) >= 11 is 14.0. The highest BCUT2D eigenvalue weighted by atomic mass is 35.5. The number of pyridine rings is 1. The van der Waals surface area contributed by atoms with Crippen LogP contribution in [0, 0.1) is 12.3 Å². The number of nitrogens with two attached hydrogens (primary N) is 1. The van der Waals surface area contributed by atoms with Crippen LogP contribution >= 0.6 is 35.0 Å². The summed E-state index contributed by atoms with van der Waals surface area (Å²) in [5, 5.41) is 2.13. The molecule has 4 rings (SSSR count). The second kappa shape index (κ2) is 7.82. The van der Waals surface area contributed by atoms with E-state index >= 15 is 0 Å². The first-order valence-electron chi connectivity index (χ1n) is 9.58. The highest BCUT2D eigenvalue weighted by Gasteiger charge is 2.42. The zero-order valence-corrected chi connectivity index (χ0v) is 17.9. The monoisotopic (exact) mass is 421 g/mol. The molecule has 0 unspecified atom stereocenters. The maximum Gasteiger partial charge on any atom is 0.104 e. The van der Waals surface area contributed by atoms with E-state index in [1.54, 1.807) is 17.8 Å². The molecule has 0 radical (unpaired) electrons. The highest BCUT2D eigenvalue weighted by molar-refractivity contribution is 7.99. The number of rotatable bonds is 3. The molecule has 0 amide bonds. The normalized spacial score (nSPS) is 21.8.